The highest BCUT2D eigenvalue weighted by molar-refractivity contribution is 5.78. The Kier molecular flexibility index (Phi) is 7.54. The van der Waals surface area contributed by atoms with Gasteiger partial charge in [-0.3, -0.25) is 4.79 Å². The molecule has 0 bridgehead atoms. The van der Waals surface area contributed by atoms with Gasteiger partial charge in [0.2, 0.25) is 0 Å². The van der Waals surface area contributed by atoms with Gasteiger partial charge in [-0.15, -0.1) is 0 Å². The number of carbonyl (C=O) groups is 2. The molecule has 106 valence electrons. The van der Waals surface area contributed by atoms with E-state index in [2.05, 4.69) is 0 Å². The average molecular weight is 262 g/mol. The van der Waals surface area contributed by atoms with Crippen molar-refractivity contribution in [3.8, 4) is 0 Å². The first-order chi connectivity index (χ1) is 8.29. The lowest BCUT2D eigenvalue weighted by Crippen LogP contribution is -2.41. The highest BCUT2D eigenvalue weighted by Gasteiger charge is 2.32. The number of rotatable bonds is 8. The first-order valence-electron chi connectivity index (χ1n) is 5.77. The zero-order valence-corrected chi connectivity index (χ0v) is 11.6. The van der Waals surface area contributed by atoms with Gasteiger partial charge in [0.1, 0.15) is 13.2 Å². The second-order valence-electron chi connectivity index (χ2n) is 4.37. The van der Waals surface area contributed by atoms with E-state index in [0.29, 0.717) is 6.61 Å². The van der Waals surface area contributed by atoms with Crippen molar-refractivity contribution in [2.45, 2.75) is 39.4 Å². The summed E-state index contributed by atoms with van der Waals surface area (Å²) in [5.74, 6) is -0.861. The van der Waals surface area contributed by atoms with Crippen LogP contribution in [0.5, 0.6) is 0 Å². The second-order valence-corrected chi connectivity index (χ2v) is 4.37. The molecule has 6 nitrogen and oxygen atoms in total. The quantitative estimate of drug-likeness (QED) is 0.478. The fraction of sp³-hybridized carbons (Fsp3) is 0.833. The van der Waals surface area contributed by atoms with E-state index in [0.717, 1.165) is 0 Å². The fourth-order valence-electron chi connectivity index (χ4n) is 1.21. The van der Waals surface area contributed by atoms with E-state index in [-0.39, 0.29) is 25.3 Å². The summed E-state index contributed by atoms with van der Waals surface area (Å²) >= 11 is 0. The van der Waals surface area contributed by atoms with Crippen molar-refractivity contribution < 1.29 is 28.5 Å². The maximum atomic E-state index is 11.7. The Bertz CT molecular complexity index is 274. The van der Waals surface area contributed by atoms with Crippen molar-refractivity contribution in [1.82, 2.24) is 0 Å². The van der Waals surface area contributed by atoms with Gasteiger partial charge in [-0.25, -0.2) is 4.79 Å². The molecule has 0 fully saturated rings. The van der Waals surface area contributed by atoms with Crippen LogP contribution in [0, 0.1) is 0 Å². The van der Waals surface area contributed by atoms with E-state index >= 15 is 0 Å². The lowest BCUT2D eigenvalue weighted by atomic mass is 10.1. The number of hydrogen-bond donors (Lipinski definition) is 0. The first kappa shape index (κ1) is 16.9. The predicted molar refractivity (Wildman–Crippen MR) is 64.1 cm³/mol. The van der Waals surface area contributed by atoms with E-state index in [4.69, 9.17) is 18.9 Å². The fourth-order valence-corrected chi connectivity index (χ4v) is 1.21. The van der Waals surface area contributed by atoms with Gasteiger partial charge in [0.25, 0.3) is 0 Å². The van der Waals surface area contributed by atoms with Crippen LogP contribution < -0.4 is 0 Å². The molecule has 0 aromatic carbocycles. The zero-order valence-electron chi connectivity index (χ0n) is 11.6. The summed E-state index contributed by atoms with van der Waals surface area (Å²) in [7, 11) is 1.52. The van der Waals surface area contributed by atoms with E-state index in [1.165, 1.54) is 14.0 Å². The molecule has 0 aliphatic rings. The van der Waals surface area contributed by atoms with Crippen LogP contribution in [0.2, 0.25) is 0 Å². The number of esters is 2. The Morgan fingerprint density at radius 2 is 1.78 bits per heavy atom. The third-order valence-electron chi connectivity index (χ3n) is 2.03. The van der Waals surface area contributed by atoms with Gasteiger partial charge in [-0.2, -0.15) is 0 Å². The SMILES string of the molecule is COCCOC(=O)C(C)(C)OC(C)COC(C)=O. The Morgan fingerprint density at radius 3 is 2.28 bits per heavy atom. The summed E-state index contributed by atoms with van der Waals surface area (Å²) in [5, 5.41) is 0. The maximum Gasteiger partial charge on any atom is 0.337 e. The molecule has 0 aliphatic heterocycles. The van der Waals surface area contributed by atoms with Crippen molar-refractivity contribution in [2.24, 2.45) is 0 Å². The van der Waals surface area contributed by atoms with Crippen molar-refractivity contribution in [3.63, 3.8) is 0 Å². The van der Waals surface area contributed by atoms with E-state index in [1.807, 2.05) is 0 Å². The molecule has 1 atom stereocenters. The molecule has 0 heterocycles. The first-order valence-corrected chi connectivity index (χ1v) is 5.77. The van der Waals surface area contributed by atoms with E-state index in [1.54, 1.807) is 20.8 Å². The molecule has 18 heavy (non-hydrogen) atoms. The molecule has 0 saturated carbocycles. The standard InChI is InChI=1S/C12H22O6/c1-9(8-17-10(2)13)18-12(3,4)11(14)16-7-6-15-5/h9H,6-8H2,1-5H3. The summed E-state index contributed by atoms with van der Waals surface area (Å²) in [6.07, 6.45) is -0.390. The third kappa shape index (κ3) is 7.24. The van der Waals surface area contributed by atoms with Crippen LogP contribution in [0.4, 0.5) is 0 Å². The van der Waals surface area contributed by atoms with Crippen LogP contribution in [-0.4, -0.2) is 50.6 Å². The summed E-state index contributed by atoms with van der Waals surface area (Å²) in [6.45, 7) is 6.86. The zero-order chi connectivity index (χ0) is 14.2. The molecule has 0 radical (unpaired) electrons. The predicted octanol–water partition coefficient (Wildman–Crippen LogP) is 0.923. The Balaban J connectivity index is 4.10. The van der Waals surface area contributed by atoms with Crippen LogP contribution in [0.25, 0.3) is 0 Å². The van der Waals surface area contributed by atoms with Crippen molar-refractivity contribution in [1.29, 1.82) is 0 Å². The van der Waals surface area contributed by atoms with Crippen LogP contribution in [0.15, 0.2) is 0 Å². The highest BCUT2D eigenvalue weighted by Crippen LogP contribution is 2.14. The Morgan fingerprint density at radius 1 is 1.17 bits per heavy atom. The highest BCUT2D eigenvalue weighted by atomic mass is 16.6. The van der Waals surface area contributed by atoms with E-state index in [9.17, 15) is 9.59 Å². The number of methoxy groups -OCH3 is 1. The molecule has 0 aromatic heterocycles. The largest absolute Gasteiger partial charge is 0.463 e. The third-order valence-corrected chi connectivity index (χ3v) is 2.03. The van der Waals surface area contributed by atoms with Gasteiger partial charge in [0, 0.05) is 14.0 Å². The van der Waals surface area contributed by atoms with Crippen molar-refractivity contribution in [3.05, 3.63) is 0 Å². The van der Waals surface area contributed by atoms with Gasteiger partial charge < -0.3 is 18.9 Å². The van der Waals surface area contributed by atoms with Gasteiger partial charge in [0.15, 0.2) is 5.60 Å². The molecule has 0 aliphatic carbocycles. The number of carbonyl (C=O) groups excluding carboxylic acids is 2. The lowest BCUT2D eigenvalue weighted by molar-refractivity contribution is -0.179. The topological polar surface area (TPSA) is 71.1 Å². The maximum absolute atomic E-state index is 11.7. The molecule has 0 spiro atoms. The van der Waals surface area contributed by atoms with Crippen LogP contribution in [0.1, 0.15) is 27.7 Å². The Hall–Kier alpha value is -1.14. The molecular weight excluding hydrogens is 240 g/mol. The number of hydrogen-bond acceptors (Lipinski definition) is 6. The van der Waals surface area contributed by atoms with E-state index < -0.39 is 11.6 Å². The molecule has 0 rings (SSSR count). The van der Waals surface area contributed by atoms with Crippen LogP contribution in [-0.2, 0) is 28.5 Å². The summed E-state index contributed by atoms with van der Waals surface area (Å²) in [4.78, 5) is 22.3. The van der Waals surface area contributed by atoms with Crippen molar-refractivity contribution in [2.75, 3.05) is 26.9 Å². The van der Waals surface area contributed by atoms with Crippen LogP contribution >= 0.6 is 0 Å². The molecular formula is C12H22O6. The molecule has 6 heteroatoms. The van der Waals surface area contributed by atoms with Crippen LogP contribution in [0.3, 0.4) is 0 Å². The lowest BCUT2D eigenvalue weighted by Gasteiger charge is -2.26. The van der Waals surface area contributed by atoms with Gasteiger partial charge in [-0.05, 0) is 20.8 Å². The molecule has 0 saturated heterocycles. The minimum atomic E-state index is -1.09. The summed E-state index contributed by atoms with van der Waals surface area (Å²) in [6, 6.07) is 0. The van der Waals surface area contributed by atoms with Gasteiger partial charge in [-0.1, -0.05) is 0 Å². The van der Waals surface area contributed by atoms with Gasteiger partial charge in [0.05, 0.1) is 12.7 Å². The summed E-state index contributed by atoms with van der Waals surface area (Å²) in [5.41, 5.74) is -1.09. The smallest absolute Gasteiger partial charge is 0.337 e. The second kappa shape index (κ2) is 8.05. The van der Waals surface area contributed by atoms with Gasteiger partial charge >= 0.3 is 11.9 Å². The van der Waals surface area contributed by atoms with Crippen molar-refractivity contribution >= 4 is 11.9 Å². The average Bonchev–Trinajstić information content (AvgIpc) is 2.26. The molecule has 0 N–H and O–H groups in total. The molecule has 1 unspecified atom stereocenters. The minimum Gasteiger partial charge on any atom is -0.463 e. The number of ether oxygens (including phenoxy) is 4. The molecule has 0 aromatic rings. The molecule has 0 amide bonds. The normalized spacial score (nSPS) is 12.9. The summed E-state index contributed by atoms with van der Waals surface area (Å²) < 4.78 is 20.0. The monoisotopic (exact) mass is 262 g/mol. The minimum absolute atomic E-state index is 0.101. The Labute approximate surface area is 108 Å².